The Morgan fingerprint density at radius 2 is 1.66 bits per heavy atom. The maximum absolute atomic E-state index is 14.8. The average molecular weight is 443 g/mol. The van der Waals surface area contributed by atoms with Gasteiger partial charge in [0.05, 0.1) is 19.9 Å². The van der Waals surface area contributed by atoms with Crippen molar-refractivity contribution in [2.24, 2.45) is 17.8 Å². The molecule has 2 aromatic carbocycles. The fourth-order valence-corrected chi connectivity index (χ4v) is 4.36. The first-order valence-corrected chi connectivity index (χ1v) is 11.3. The van der Waals surface area contributed by atoms with Gasteiger partial charge in [0.25, 0.3) is 0 Å². The van der Waals surface area contributed by atoms with Crippen molar-refractivity contribution in [1.29, 1.82) is 0 Å². The van der Waals surface area contributed by atoms with E-state index >= 15 is 0 Å². The first-order chi connectivity index (χ1) is 15.6. The van der Waals surface area contributed by atoms with Crippen molar-refractivity contribution in [3.63, 3.8) is 0 Å². The Morgan fingerprint density at radius 3 is 2.28 bits per heavy atom. The summed E-state index contributed by atoms with van der Waals surface area (Å²) in [4.78, 5) is 0. The molecule has 1 saturated carbocycles. The molecule has 5 heteroatoms. The van der Waals surface area contributed by atoms with Crippen LogP contribution in [-0.4, -0.2) is 19.9 Å². The smallest absolute Gasteiger partial charge is 0.183 e. The van der Waals surface area contributed by atoms with Crippen molar-refractivity contribution in [2.75, 3.05) is 19.9 Å². The molecule has 1 aliphatic carbocycles. The predicted molar refractivity (Wildman–Crippen MR) is 121 cm³/mol. The van der Waals surface area contributed by atoms with Gasteiger partial charge in [-0.2, -0.15) is 0 Å². The Balaban J connectivity index is 1.43. The number of hydrogen-bond acceptors (Lipinski definition) is 2. The quantitative estimate of drug-likeness (QED) is 0.438. The van der Waals surface area contributed by atoms with Gasteiger partial charge in [-0.15, -0.1) is 6.58 Å². The second kappa shape index (κ2) is 10.5. The van der Waals surface area contributed by atoms with E-state index in [1.165, 1.54) is 12.1 Å². The van der Waals surface area contributed by atoms with Gasteiger partial charge in [-0.3, -0.25) is 4.39 Å². The summed E-state index contributed by atoms with van der Waals surface area (Å²) in [5, 5.41) is 0. The standard InChI is InChI=1S/C27H29F3O2/c1-2-18-16-31-27(32-17-18)23-11-12-24(26(30)14-23)22-10-9-21(25(29)13-22)8-7-19-3-5-20(15-28)6-4-19/h2,7-14,18-20,27H,1,3-6,15-17H2/b8-7+. The molecule has 170 valence electrons. The third-order valence-electron chi connectivity index (χ3n) is 6.49. The molecule has 0 amide bonds. The van der Waals surface area contributed by atoms with Gasteiger partial charge in [0.15, 0.2) is 6.29 Å². The van der Waals surface area contributed by atoms with E-state index in [1.807, 2.05) is 6.08 Å². The lowest BCUT2D eigenvalue weighted by molar-refractivity contribution is -0.197. The molecule has 0 unspecified atom stereocenters. The van der Waals surface area contributed by atoms with Crippen LogP contribution in [0.25, 0.3) is 17.2 Å². The van der Waals surface area contributed by atoms with E-state index in [2.05, 4.69) is 6.58 Å². The maximum Gasteiger partial charge on any atom is 0.183 e. The number of hydrogen-bond donors (Lipinski definition) is 0. The topological polar surface area (TPSA) is 18.5 Å². The number of halogens is 3. The van der Waals surface area contributed by atoms with E-state index in [4.69, 9.17) is 9.47 Å². The summed E-state index contributed by atoms with van der Waals surface area (Å²) < 4.78 is 53.6. The molecule has 0 N–H and O–H groups in total. The summed E-state index contributed by atoms with van der Waals surface area (Å²) in [6.07, 6.45) is 8.61. The lowest BCUT2D eigenvalue weighted by Gasteiger charge is -2.28. The molecule has 2 nitrogen and oxygen atoms in total. The van der Waals surface area contributed by atoms with Gasteiger partial charge in [-0.25, -0.2) is 8.78 Å². The molecule has 0 atom stereocenters. The van der Waals surface area contributed by atoms with E-state index in [1.54, 1.807) is 36.4 Å². The zero-order valence-corrected chi connectivity index (χ0v) is 18.1. The van der Waals surface area contributed by atoms with Crippen LogP contribution in [0.4, 0.5) is 13.2 Å². The number of ether oxygens (including phenoxy) is 2. The van der Waals surface area contributed by atoms with Crippen LogP contribution < -0.4 is 0 Å². The minimum absolute atomic E-state index is 0.135. The van der Waals surface area contributed by atoms with Crippen LogP contribution in [0, 0.1) is 29.4 Å². The minimum atomic E-state index is -0.612. The average Bonchev–Trinajstić information content (AvgIpc) is 2.83. The molecular weight excluding hydrogens is 413 g/mol. The molecule has 2 aliphatic rings. The largest absolute Gasteiger partial charge is 0.348 e. The minimum Gasteiger partial charge on any atom is -0.348 e. The first kappa shape index (κ1) is 22.8. The molecule has 0 bridgehead atoms. The Labute approximate surface area is 187 Å². The van der Waals surface area contributed by atoms with Gasteiger partial charge in [-0.1, -0.05) is 42.5 Å². The van der Waals surface area contributed by atoms with Crippen LogP contribution in [0.3, 0.4) is 0 Å². The zero-order valence-electron chi connectivity index (χ0n) is 18.1. The SMILES string of the molecule is C=CC1COC(c2ccc(-c3ccc(/C=C/C4CCC(CF)CC4)c(F)c3)c(F)c2)OC1. The van der Waals surface area contributed by atoms with Crippen molar-refractivity contribution in [3.8, 4) is 11.1 Å². The van der Waals surface area contributed by atoms with Crippen LogP contribution >= 0.6 is 0 Å². The second-order valence-electron chi connectivity index (χ2n) is 8.76. The predicted octanol–water partition coefficient (Wildman–Crippen LogP) is 7.27. The third-order valence-corrected chi connectivity index (χ3v) is 6.49. The van der Waals surface area contributed by atoms with Crippen LogP contribution in [0.2, 0.25) is 0 Å². The highest BCUT2D eigenvalue weighted by Gasteiger charge is 2.23. The molecule has 0 spiro atoms. The van der Waals surface area contributed by atoms with Crippen LogP contribution in [0.15, 0.2) is 55.1 Å². The van der Waals surface area contributed by atoms with Crippen molar-refractivity contribution in [2.45, 2.75) is 32.0 Å². The monoisotopic (exact) mass is 442 g/mol. The van der Waals surface area contributed by atoms with Crippen molar-refractivity contribution in [3.05, 3.63) is 77.9 Å². The van der Waals surface area contributed by atoms with Gasteiger partial charge < -0.3 is 9.47 Å². The molecule has 1 heterocycles. The number of benzene rings is 2. The van der Waals surface area contributed by atoms with Crippen molar-refractivity contribution in [1.82, 2.24) is 0 Å². The molecule has 4 rings (SSSR count). The summed E-state index contributed by atoms with van der Waals surface area (Å²) in [6.45, 7) is 4.44. The van der Waals surface area contributed by atoms with Crippen molar-refractivity contribution < 1.29 is 22.6 Å². The highest BCUT2D eigenvalue weighted by molar-refractivity contribution is 5.67. The van der Waals surface area contributed by atoms with E-state index in [-0.39, 0.29) is 18.5 Å². The normalized spacial score (nSPS) is 26.3. The highest BCUT2D eigenvalue weighted by Crippen LogP contribution is 2.32. The van der Waals surface area contributed by atoms with Crippen molar-refractivity contribution >= 4 is 6.08 Å². The summed E-state index contributed by atoms with van der Waals surface area (Å²) in [7, 11) is 0. The maximum atomic E-state index is 14.8. The Morgan fingerprint density at radius 1 is 0.906 bits per heavy atom. The van der Waals surface area contributed by atoms with Gasteiger partial charge in [0.2, 0.25) is 0 Å². The Bertz CT molecular complexity index is 955. The van der Waals surface area contributed by atoms with Gasteiger partial charge in [0.1, 0.15) is 11.6 Å². The Kier molecular flexibility index (Phi) is 7.48. The second-order valence-corrected chi connectivity index (χ2v) is 8.76. The third kappa shape index (κ3) is 5.33. The van der Waals surface area contributed by atoms with E-state index < -0.39 is 17.9 Å². The highest BCUT2D eigenvalue weighted by atomic mass is 19.1. The molecule has 1 saturated heterocycles. The fourth-order valence-electron chi connectivity index (χ4n) is 4.36. The number of rotatable bonds is 6. The first-order valence-electron chi connectivity index (χ1n) is 11.3. The summed E-state index contributed by atoms with van der Waals surface area (Å²) in [6, 6.07) is 9.52. The van der Waals surface area contributed by atoms with Crippen LogP contribution in [0.1, 0.15) is 43.1 Å². The lowest BCUT2D eigenvalue weighted by atomic mass is 9.82. The zero-order chi connectivity index (χ0) is 22.5. The summed E-state index contributed by atoms with van der Waals surface area (Å²) >= 11 is 0. The summed E-state index contributed by atoms with van der Waals surface area (Å²) in [5.41, 5.74) is 1.87. The fraction of sp³-hybridized carbons (Fsp3) is 0.407. The van der Waals surface area contributed by atoms with E-state index in [0.29, 0.717) is 41.4 Å². The van der Waals surface area contributed by atoms with Crippen LogP contribution in [0.5, 0.6) is 0 Å². The molecule has 32 heavy (non-hydrogen) atoms. The van der Waals surface area contributed by atoms with Gasteiger partial charge in [-0.05, 0) is 55.2 Å². The lowest BCUT2D eigenvalue weighted by Crippen LogP contribution is -2.25. The molecule has 0 aromatic heterocycles. The molecule has 2 aromatic rings. The molecule has 1 aliphatic heterocycles. The number of allylic oxidation sites excluding steroid dienone is 1. The molecule has 0 radical (unpaired) electrons. The van der Waals surface area contributed by atoms with Crippen LogP contribution in [-0.2, 0) is 9.47 Å². The van der Waals surface area contributed by atoms with Gasteiger partial charge in [0, 0.05) is 22.6 Å². The Hall–Kier alpha value is -2.37. The van der Waals surface area contributed by atoms with E-state index in [0.717, 1.165) is 25.7 Å². The molecular formula is C27H29F3O2. The summed E-state index contributed by atoms with van der Waals surface area (Å²) in [5.74, 6) is -0.178. The molecule has 2 fully saturated rings. The van der Waals surface area contributed by atoms with Gasteiger partial charge >= 0.3 is 0 Å². The number of alkyl halides is 1. The van der Waals surface area contributed by atoms with E-state index in [9.17, 15) is 13.2 Å².